The fourth-order valence-corrected chi connectivity index (χ4v) is 2.85. The predicted molar refractivity (Wildman–Crippen MR) is 82.4 cm³/mol. The highest BCUT2D eigenvalue weighted by Crippen LogP contribution is 2.22. The number of carbonyl (C=O) groups is 2. The van der Waals surface area contributed by atoms with Crippen molar-refractivity contribution in [2.24, 2.45) is 11.7 Å². The van der Waals surface area contributed by atoms with Crippen molar-refractivity contribution >= 4 is 34.4 Å². The van der Waals surface area contributed by atoms with E-state index in [1.54, 1.807) is 17.0 Å². The summed E-state index contributed by atoms with van der Waals surface area (Å²) in [4.78, 5) is 33.9. The smallest absolute Gasteiger partial charge is 0.275 e. The number of aromatic nitrogens is 2. The van der Waals surface area contributed by atoms with Crippen molar-refractivity contribution in [1.82, 2.24) is 14.9 Å². The third-order valence-corrected chi connectivity index (χ3v) is 4.18. The molecule has 114 valence electrons. The monoisotopic (exact) mass is 318 g/mol. The number of amides is 2. The quantitative estimate of drug-likeness (QED) is 0.911. The second-order valence-corrected chi connectivity index (χ2v) is 5.68. The number of hydrogen-bond donors (Lipinski definition) is 1. The van der Waals surface area contributed by atoms with Gasteiger partial charge in [0.2, 0.25) is 5.91 Å². The number of nitrogens with zero attached hydrogens (tertiary/aromatic N) is 3. The molecule has 0 unspecified atom stereocenters. The summed E-state index contributed by atoms with van der Waals surface area (Å²) in [5.41, 5.74) is 6.73. The van der Waals surface area contributed by atoms with Crippen molar-refractivity contribution in [2.45, 2.75) is 12.8 Å². The van der Waals surface area contributed by atoms with Crippen LogP contribution in [0.25, 0.3) is 11.0 Å². The van der Waals surface area contributed by atoms with Crippen LogP contribution in [0.2, 0.25) is 5.15 Å². The molecular weight excluding hydrogens is 304 g/mol. The number of rotatable bonds is 2. The van der Waals surface area contributed by atoms with Crippen molar-refractivity contribution in [3.63, 3.8) is 0 Å². The van der Waals surface area contributed by atoms with Gasteiger partial charge in [0.25, 0.3) is 5.91 Å². The Kier molecular flexibility index (Phi) is 3.94. The molecule has 0 saturated carbocycles. The summed E-state index contributed by atoms with van der Waals surface area (Å²) in [6.07, 6.45) is 1.14. The van der Waals surface area contributed by atoms with Crippen LogP contribution in [-0.2, 0) is 4.79 Å². The summed E-state index contributed by atoms with van der Waals surface area (Å²) in [7, 11) is 0. The van der Waals surface area contributed by atoms with E-state index in [9.17, 15) is 9.59 Å². The van der Waals surface area contributed by atoms with Crippen LogP contribution in [0.4, 0.5) is 0 Å². The maximum Gasteiger partial charge on any atom is 0.275 e. The average Bonchev–Trinajstić information content (AvgIpc) is 2.53. The Morgan fingerprint density at radius 3 is 2.32 bits per heavy atom. The molecule has 1 aromatic heterocycles. The Hall–Kier alpha value is -2.21. The van der Waals surface area contributed by atoms with Crippen molar-refractivity contribution < 1.29 is 9.59 Å². The van der Waals surface area contributed by atoms with Crippen molar-refractivity contribution in [2.75, 3.05) is 13.1 Å². The first-order chi connectivity index (χ1) is 10.6. The molecule has 0 spiro atoms. The number of primary amides is 1. The molecule has 0 aliphatic carbocycles. The van der Waals surface area contributed by atoms with Crippen molar-refractivity contribution in [3.05, 3.63) is 35.1 Å². The Morgan fingerprint density at radius 1 is 1.14 bits per heavy atom. The molecule has 2 amide bonds. The van der Waals surface area contributed by atoms with Gasteiger partial charge < -0.3 is 10.6 Å². The van der Waals surface area contributed by atoms with Gasteiger partial charge in [0.1, 0.15) is 0 Å². The van der Waals surface area contributed by atoms with Gasteiger partial charge in [-0.05, 0) is 25.0 Å². The van der Waals surface area contributed by atoms with E-state index in [1.165, 1.54) is 0 Å². The topological polar surface area (TPSA) is 89.2 Å². The Balaban J connectivity index is 1.83. The Labute approximate surface area is 132 Å². The minimum Gasteiger partial charge on any atom is -0.369 e. The summed E-state index contributed by atoms with van der Waals surface area (Å²) in [6, 6.07) is 7.25. The number of benzene rings is 1. The predicted octanol–water partition coefficient (Wildman–Crippen LogP) is 1.62. The first-order valence-corrected chi connectivity index (χ1v) is 7.45. The zero-order chi connectivity index (χ0) is 15.7. The summed E-state index contributed by atoms with van der Waals surface area (Å²) in [6.45, 7) is 0.939. The van der Waals surface area contributed by atoms with Gasteiger partial charge in [-0.25, -0.2) is 9.97 Å². The maximum atomic E-state index is 12.6. The van der Waals surface area contributed by atoms with Gasteiger partial charge in [-0.3, -0.25) is 9.59 Å². The Bertz CT molecular complexity index is 741. The zero-order valence-electron chi connectivity index (χ0n) is 11.8. The van der Waals surface area contributed by atoms with Crippen molar-refractivity contribution in [1.29, 1.82) is 0 Å². The number of fused-ring (bicyclic) bond motifs is 1. The van der Waals surface area contributed by atoms with Gasteiger partial charge in [0.05, 0.1) is 11.0 Å². The highest BCUT2D eigenvalue weighted by atomic mass is 35.5. The molecular formula is C15H15ClN4O2. The molecule has 0 bridgehead atoms. The third-order valence-electron chi connectivity index (χ3n) is 3.92. The molecule has 2 heterocycles. The lowest BCUT2D eigenvalue weighted by Crippen LogP contribution is -2.42. The van der Waals surface area contributed by atoms with E-state index in [0.717, 1.165) is 0 Å². The molecule has 2 aromatic rings. The maximum absolute atomic E-state index is 12.6. The highest BCUT2D eigenvalue weighted by Gasteiger charge is 2.28. The molecule has 7 heteroatoms. The molecule has 3 rings (SSSR count). The normalized spacial score (nSPS) is 16.0. The molecule has 1 aromatic carbocycles. The molecule has 1 aliphatic heterocycles. The molecule has 1 saturated heterocycles. The van der Waals surface area contributed by atoms with E-state index < -0.39 is 0 Å². The van der Waals surface area contributed by atoms with E-state index in [2.05, 4.69) is 9.97 Å². The minimum atomic E-state index is -0.310. The van der Waals surface area contributed by atoms with Crippen LogP contribution in [0.1, 0.15) is 23.3 Å². The van der Waals surface area contributed by atoms with Gasteiger partial charge in [-0.1, -0.05) is 23.7 Å². The standard InChI is InChI=1S/C15H15ClN4O2/c16-13-12(18-10-3-1-2-4-11(10)19-13)15(22)20-7-5-9(6-8-20)14(17)21/h1-4,9H,5-8H2,(H2,17,21). The van der Waals surface area contributed by atoms with E-state index >= 15 is 0 Å². The fourth-order valence-electron chi connectivity index (χ4n) is 2.63. The van der Waals surface area contributed by atoms with E-state index in [-0.39, 0.29) is 28.6 Å². The SMILES string of the molecule is NC(=O)C1CCN(C(=O)c2nc3ccccc3nc2Cl)CC1. The number of para-hydroxylation sites is 2. The lowest BCUT2D eigenvalue weighted by Gasteiger charge is -2.30. The number of nitrogens with two attached hydrogens (primary N) is 1. The van der Waals surface area contributed by atoms with Crippen LogP contribution >= 0.6 is 11.6 Å². The number of hydrogen-bond acceptors (Lipinski definition) is 4. The summed E-state index contributed by atoms with van der Waals surface area (Å²) in [5.74, 6) is -0.732. The van der Waals surface area contributed by atoms with Gasteiger partial charge in [0.15, 0.2) is 10.8 Å². The van der Waals surface area contributed by atoms with Gasteiger partial charge in [-0.15, -0.1) is 0 Å². The van der Waals surface area contributed by atoms with E-state index in [0.29, 0.717) is 37.0 Å². The van der Waals surface area contributed by atoms with Crippen LogP contribution < -0.4 is 5.73 Å². The average molecular weight is 319 g/mol. The number of halogens is 1. The second kappa shape index (κ2) is 5.88. The van der Waals surface area contributed by atoms with Crippen LogP contribution in [0.3, 0.4) is 0 Å². The molecule has 1 fully saturated rings. The third kappa shape index (κ3) is 2.74. The summed E-state index contributed by atoms with van der Waals surface area (Å²) >= 11 is 6.10. The molecule has 0 atom stereocenters. The number of likely N-dealkylation sites (tertiary alicyclic amines) is 1. The summed E-state index contributed by atoms with van der Waals surface area (Å²) in [5, 5.41) is 0.0979. The molecule has 1 aliphatic rings. The molecule has 22 heavy (non-hydrogen) atoms. The van der Waals surface area contributed by atoms with E-state index in [4.69, 9.17) is 17.3 Å². The van der Waals surface area contributed by atoms with Crippen molar-refractivity contribution in [3.8, 4) is 0 Å². The lowest BCUT2D eigenvalue weighted by molar-refractivity contribution is -0.123. The van der Waals surface area contributed by atoms with Crippen LogP contribution in [-0.4, -0.2) is 39.8 Å². The summed E-state index contributed by atoms with van der Waals surface area (Å²) < 4.78 is 0. The minimum absolute atomic E-state index is 0.0979. The first kappa shape index (κ1) is 14.7. The highest BCUT2D eigenvalue weighted by molar-refractivity contribution is 6.32. The van der Waals surface area contributed by atoms with Gasteiger partial charge in [-0.2, -0.15) is 0 Å². The van der Waals surface area contributed by atoms with Crippen LogP contribution in [0.5, 0.6) is 0 Å². The number of piperidine rings is 1. The first-order valence-electron chi connectivity index (χ1n) is 7.07. The van der Waals surface area contributed by atoms with Crippen LogP contribution in [0.15, 0.2) is 24.3 Å². The molecule has 6 nitrogen and oxygen atoms in total. The molecule has 0 radical (unpaired) electrons. The number of carbonyl (C=O) groups excluding carboxylic acids is 2. The zero-order valence-corrected chi connectivity index (χ0v) is 12.6. The second-order valence-electron chi connectivity index (χ2n) is 5.32. The van der Waals surface area contributed by atoms with Gasteiger partial charge >= 0.3 is 0 Å². The van der Waals surface area contributed by atoms with Gasteiger partial charge in [0, 0.05) is 19.0 Å². The van der Waals surface area contributed by atoms with E-state index in [1.807, 2.05) is 12.1 Å². The fraction of sp³-hybridized carbons (Fsp3) is 0.333. The largest absolute Gasteiger partial charge is 0.369 e. The Morgan fingerprint density at radius 2 is 1.73 bits per heavy atom. The lowest BCUT2D eigenvalue weighted by atomic mass is 9.96. The van der Waals surface area contributed by atoms with Crippen LogP contribution in [0, 0.1) is 5.92 Å². The molecule has 2 N–H and O–H groups in total.